The molecule has 1 unspecified atom stereocenters. The third-order valence-electron chi connectivity index (χ3n) is 3.91. The first-order valence-corrected chi connectivity index (χ1v) is 6.83. The Morgan fingerprint density at radius 3 is 2.15 bits per heavy atom. The molecule has 0 aromatic heterocycles. The van der Waals surface area contributed by atoms with Crippen LogP contribution >= 0.6 is 0 Å². The molecule has 1 atom stereocenters. The number of nitrogen functional groups attached to an aromatic ring is 1. The van der Waals surface area contributed by atoms with Gasteiger partial charge in [-0.15, -0.1) is 0 Å². The van der Waals surface area contributed by atoms with Crippen LogP contribution in [0.5, 0.6) is 0 Å². The number of nitrogens with one attached hydrogen (secondary N) is 1. The van der Waals surface area contributed by atoms with Crippen molar-refractivity contribution in [2.75, 3.05) is 5.73 Å². The zero-order chi connectivity index (χ0) is 14.9. The summed E-state index contributed by atoms with van der Waals surface area (Å²) < 4.78 is 0. The third kappa shape index (κ3) is 2.61. The smallest absolute Gasteiger partial charge is 0.240 e. The molecule has 0 aliphatic heterocycles. The van der Waals surface area contributed by atoms with Crippen LogP contribution in [0.2, 0.25) is 0 Å². The molecule has 0 radical (unpaired) electrons. The molecule has 0 spiro atoms. The quantitative estimate of drug-likeness (QED) is 0.697. The number of hydrogen-bond donors (Lipinski definition) is 3. The number of amides is 2. The average molecular weight is 275 g/mol. The Balaban J connectivity index is 2.16. The van der Waals surface area contributed by atoms with E-state index in [1.807, 2.05) is 26.0 Å². The Morgan fingerprint density at radius 2 is 1.75 bits per heavy atom. The lowest BCUT2D eigenvalue weighted by Gasteiger charge is -2.23. The summed E-state index contributed by atoms with van der Waals surface area (Å²) in [6.45, 7) is 3.72. The summed E-state index contributed by atoms with van der Waals surface area (Å²) in [5, 5.41) is 2.79. The fourth-order valence-electron chi connectivity index (χ4n) is 2.42. The second-order valence-corrected chi connectivity index (χ2v) is 5.80. The Labute approximate surface area is 118 Å². The molecule has 5 heteroatoms. The molecule has 1 saturated carbocycles. The van der Waals surface area contributed by atoms with Crippen molar-refractivity contribution in [3.63, 3.8) is 0 Å². The minimum absolute atomic E-state index is 0.0290. The van der Waals surface area contributed by atoms with Gasteiger partial charge < -0.3 is 16.8 Å². The number of rotatable bonds is 5. The van der Waals surface area contributed by atoms with Gasteiger partial charge in [0.15, 0.2) is 0 Å². The zero-order valence-corrected chi connectivity index (χ0v) is 11.8. The van der Waals surface area contributed by atoms with Crippen LogP contribution in [-0.4, -0.2) is 17.9 Å². The summed E-state index contributed by atoms with van der Waals surface area (Å²) in [5.41, 5.74) is 12.1. The third-order valence-corrected chi connectivity index (χ3v) is 3.91. The molecular formula is C15H21N3O2. The fraction of sp³-hybridized carbons (Fsp3) is 0.467. The predicted octanol–water partition coefficient (Wildman–Crippen LogP) is 0.927. The number of carbonyl (C=O) groups is 2. The number of nitrogens with two attached hydrogens (primary N) is 2. The van der Waals surface area contributed by atoms with E-state index in [-0.39, 0.29) is 11.8 Å². The molecule has 5 nitrogen and oxygen atoms in total. The van der Waals surface area contributed by atoms with Crippen LogP contribution in [0.3, 0.4) is 0 Å². The number of primary amides is 1. The molecule has 1 aliphatic carbocycles. The van der Waals surface area contributed by atoms with Crippen molar-refractivity contribution in [2.45, 2.75) is 38.1 Å². The highest BCUT2D eigenvalue weighted by Gasteiger charge is 2.51. The number of anilines is 1. The first-order valence-electron chi connectivity index (χ1n) is 6.83. The summed E-state index contributed by atoms with van der Waals surface area (Å²) in [7, 11) is 0. The van der Waals surface area contributed by atoms with Crippen molar-refractivity contribution < 1.29 is 9.59 Å². The van der Waals surface area contributed by atoms with Gasteiger partial charge >= 0.3 is 0 Å². The van der Waals surface area contributed by atoms with Crippen LogP contribution in [0, 0.1) is 5.92 Å². The van der Waals surface area contributed by atoms with Crippen LogP contribution in [-0.2, 0) is 15.0 Å². The zero-order valence-electron chi connectivity index (χ0n) is 11.8. The normalized spacial score (nSPS) is 17.6. The maximum absolute atomic E-state index is 12.5. The van der Waals surface area contributed by atoms with E-state index in [9.17, 15) is 9.59 Å². The number of benzene rings is 1. The van der Waals surface area contributed by atoms with Gasteiger partial charge in [0.05, 0.1) is 5.41 Å². The maximum atomic E-state index is 12.5. The minimum Gasteiger partial charge on any atom is -0.399 e. The number of hydrogen-bond acceptors (Lipinski definition) is 3. The molecule has 1 fully saturated rings. The molecule has 1 aromatic carbocycles. The van der Waals surface area contributed by atoms with Gasteiger partial charge in [-0.25, -0.2) is 0 Å². The van der Waals surface area contributed by atoms with Gasteiger partial charge in [0.25, 0.3) is 0 Å². The monoisotopic (exact) mass is 275 g/mol. The van der Waals surface area contributed by atoms with Gasteiger partial charge in [-0.2, -0.15) is 0 Å². The van der Waals surface area contributed by atoms with E-state index < -0.39 is 17.4 Å². The van der Waals surface area contributed by atoms with Crippen molar-refractivity contribution in [3.8, 4) is 0 Å². The van der Waals surface area contributed by atoms with E-state index in [0.717, 1.165) is 18.4 Å². The minimum atomic E-state index is -0.631. The van der Waals surface area contributed by atoms with Crippen molar-refractivity contribution in [1.82, 2.24) is 5.32 Å². The Bertz CT molecular complexity index is 518. The van der Waals surface area contributed by atoms with Crippen LogP contribution in [0.4, 0.5) is 5.69 Å². The maximum Gasteiger partial charge on any atom is 0.240 e. The van der Waals surface area contributed by atoms with E-state index in [4.69, 9.17) is 11.5 Å². The summed E-state index contributed by atoms with van der Waals surface area (Å²) in [5.74, 6) is -0.653. The predicted molar refractivity (Wildman–Crippen MR) is 77.7 cm³/mol. The lowest BCUT2D eigenvalue weighted by atomic mass is 9.93. The molecule has 1 aliphatic rings. The highest BCUT2D eigenvalue weighted by molar-refractivity contribution is 5.95. The van der Waals surface area contributed by atoms with Crippen molar-refractivity contribution in [2.24, 2.45) is 11.7 Å². The molecule has 0 bridgehead atoms. The Hall–Kier alpha value is -2.04. The molecule has 0 saturated heterocycles. The summed E-state index contributed by atoms with van der Waals surface area (Å²) >= 11 is 0. The molecule has 0 heterocycles. The standard InChI is InChI=1S/C15H21N3O2/c1-9(2)12(13(17)19)18-14(20)15(7-8-15)10-3-5-11(16)6-4-10/h3-6,9,12H,7-8,16H2,1-2H3,(H2,17,19)(H,18,20). The van der Waals surface area contributed by atoms with Crippen LogP contribution < -0.4 is 16.8 Å². The van der Waals surface area contributed by atoms with Gasteiger partial charge in [-0.1, -0.05) is 26.0 Å². The molecule has 20 heavy (non-hydrogen) atoms. The molecule has 2 amide bonds. The topological polar surface area (TPSA) is 98.2 Å². The lowest BCUT2D eigenvalue weighted by Crippen LogP contribution is -2.50. The van der Waals surface area contributed by atoms with Crippen molar-refractivity contribution in [1.29, 1.82) is 0 Å². The second-order valence-electron chi connectivity index (χ2n) is 5.80. The summed E-state index contributed by atoms with van der Waals surface area (Å²) in [4.78, 5) is 23.9. The van der Waals surface area contributed by atoms with E-state index in [2.05, 4.69) is 5.32 Å². The average Bonchev–Trinajstić information content (AvgIpc) is 3.17. The first-order chi connectivity index (χ1) is 9.36. The molecule has 2 rings (SSSR count). The van der Waals surface area contributed by atoms with Gasteiger partial charge in [-0.3, -0.25) is 9.59 Å². The first kappa shape index (κ1) is 14.4. The second kappa shape index (κ2) is 5.15. The van der Waals surface area contributed by atoms with E-state index in [1.54, 1.807) is 12.1 Å². The molecule has 5 N–H and O–H groups in total. The Morgan fingerprint density at radius 1 is 1.20 bits per heavy atom. The van der Waals surface area contributed by atoms with Crippen LogP contribution in [0.25, 0.3) is 0 Å². The van der Waals surface area contributed by atoms with Gasteiger partial charge in [0.2, 0.25) is 11.8 Å². The number of carbonyl (C=O) groups excluding carboxylic acids is 2. The largest absolute Gasteiger partial charge is 0.399 e. The summed E-state index contributed by atoms with van der Waals surface area (Å²) in [6.07, 6.45) is 1.57. The Kier molecular flexibility index (Phi) is 3.70. The van der Waals surface area contributed by atoms with E-state index in [0.29, 0.717) is 5.69 Å². The van der Waals surface area contributed by atoms with Crippen LogP contribution in [0.1, 0.15) is 32.3 Å². The highest BCUT2D eigenvalue weighted by atomic mass is 16.2. The lowest BCUT2D eigenvalue weighted by molar-refractivity contribution is -0.129. The molecular weight excluding hydrogens is 254 g/mol. The highest BCUT2D eigenvalue weighted by Crippen LogP contribution is 2.48. The van der Waals surface area contributed by atoms with Crippen LogP contribution in [0.15, 0.2) is 24.3 Å². The van der Waals surface area contributed by atoms with Gasteiger partial charge in [0.1, 0.15) is 6.04 Å². The van der Waals surface area contributed by atoms with E-state index in [1.165, 1.54) is 0 Å². The summed E-state index contributed by atoms with van der Waals surface area (Å²) in [6, 6.07) is 6.69. The molecule has 1 aromatic rings. The van der Waals surface area contributed by atoms with Gasteiger partial charge in [0, 0.05) is 5.69 Å². The van der Waals surface area contributed by atoms with Crippen molar-refractivity contribution >= 4 is 17.5 Å². The molecule has 108 valence electrons. The van der Waals surface area contributed by atoms with Gasteiger partial charge in [-0.05, 0) is 36.5 Å². The SMILES string of the molecule is CC(C)C(NC(=O)C1(c2ccc(N)cc2)CC1)C(N)=O. The van der Waals surface area contributed by atoms with E-state index >= 15 is 0 Å². The fourth-order valence-corrected chi connectivity index (χ4v) is 2.42. The van der Waals surface area contributed by atoms with Crippen molar-refractivity contribution in [3.05, 3.63) is 29.8 Å².